The van der Waals surface area contributed by atoms with Crippen LogP contribution in [0, 0.1) is 17.8 Å². The van der Waals surface area contributed by atoms with Crippen LogP contribution in [0.5, 0.6) is 0 Å². The van der Waals surface area contributed by atoms with E-state index < -0.39 is 5.97 Å². The Morgan fingerprint density at radius 1 is 0.925 bits per heavy atom. The van der Waals surface area contributed by atoms with Crippen molar-refractivity contribution in [1.29, 1.82) is 0 Å². The molecule has 7 heteroatoms. The fourth-order valence-electron chi connectivity index (χ4n) is 7.34. The second kappa shape index (κ2) is 14.0. The van der Waals surface area contributed by atoms with Gasteiger partial charge in [0.15, 0.2) is 0 Å². The molecule has 5 rings (SSSR count). The van der Waals surface area contributed by atoms with Crippen LogP contribution in [-0.4, -0.2) is 65.5 Å². The lowest BCUT2D eigenvalue weighted by atomic mass is 9.83. The molecule has 0 aromatic heterocycles. The second-order valence-electron chi connectivity index (χ2n) is 12.3. The zero-order valence-corrected chi connectivity index (χ0v) is 24.3. The molecule has 2 aromatic rings. The minimum absolute atomic E-state index is 0.117. The van der Waals surface area contributed by atoms with Gasteiger partial charge < -0.3 is 15.3 Å². The van der Waals surface area contributed by atoms with Crippen molar-refractivity contribution < 1.29 is 14.7 Å². The Balaban J connectivity index is 1.15. The fraction of sp³-hybridized carbons (Fsp3) is 0.576. The van der Waals surface area contributed by atoms with Crippen molar-refractivity contribution in [3.63, 3.8) is 0 Å². The van der Waals surface area contributed by atoms with Gasteiger partial charge in [0, 0.05) is 43.5 Å². The van der Waals surface area contributed by atoms with Gasteiger partial charge in [-0.05, 0) is 79.8 Å². The molecule has 2 N–H and O–H groups in total. The van der Waals surface area contributed by atoms with E-state index in [-0.39, 0.29) is 17.9 Å². The molecule has 3 fully saturated rings. The lowest BCUT2D eigenvalue weighted by molar-refractivity contribution is -0.145. The average molecular weight is 566 g/mol. The molecule has 40 heavy (non-hydrogen) atoms. The number of hydrogen-bond acceptors (Lipinski definition) is 4. The van der Waals surface area contributed by atoms with Crippen molar-refractivity contribution in [2.45, 2.75) is 69.9 Å². The fourth-order valence-corrected chi connectivity index (χ4v) is 7.47. The summed E-state index contributed by atoms with van der Waals surface area (Å²) in [7, 11) is 0. The van der Waals surface area contributed by atoms with Crippen molar-refractivity contribution in [2.24, 2.45) is 17.8 Å². The number of nitrogens with zero attached hydrogens (tertiary/aromatic N) is 2. The number of carbonyl (C=O) groups is 2. The van der Waals surface area contributed by atoms with Crippen molar-refractivity contribution in [2.75, 3.05) is 32.7 Å². The summed E-state index contributed by atoms with van der Waals surface area (Å²) in [5, 5.41) is 14.0. The number of rotatable bonds is 10. The van der Waals surface area contributed by atoms with E-state index >= 15 is 0 Å². The first-order chi connectivity index (χ1) is 19.5. The standard InChI is InChI=1S/C33H44ClN3O3/c34-29-13-11-25(12-14-29)20-35-31(38)19-24-15-17-36(18-16-24)21-28-22-37(23-30(28)26-7-3-1-4-8-26)32(33(39)40)27-9-5-2-6-10-27/h1,3-4,7-8,11-14,24,27-28,30,32H,2,5-6,9-10,15-23H2,(H,35,38)(H,39,40). The second-order valence-corrected chi connectivity index (χ2v) is 12.7. The van der Waals surface area contributed by atoms with E-state index in [2.05, 4.69) is 45.4 Å². The topological polar surface area (TPSA) is 72.9 Å². The number of halogens is 1. The highest BCUT2D eigenvalue weighted by atomic mass is 35.5. The van der Waals surface area contributed by atoms with Crippen molar-refractivity contribution in [1.82, 2.24) is 15.1 Å². The summed E-state index contributed by atoms with van der Waals surface area (Å²) in [4.78, 5) is 30.0. The molecule has 2 aromatic carbocycles. The van der Waals surface area contributed by atoms with Gasteiger partial charge in [0.05, 0.1) is 0 Å². The Labute approximate surface area is 244 Å². The third-order valence-electron chi connectivity index (χ3n) is 9.52. The van der Waals surface area contributed by atoms with Gasteiger partial charge in [-0.25, -0.2) is 0 Å². The molecule has 6 nitrogen and oxygen atoms in total. The predicted molar refractivity (Wildman–Crippen MR) is 159 cm³/mol. The molecule has 2 aliphatic heterocycles. The first-order valence-electron chi connectivity index (χ1n) is 15.2. The molecule has 1 aliphatic carbocycles. The molecule has 3 aliphatic rings. The van der Waals surface area contributed by atoms with Crippen molar-refractivity contribution in [3.05, 3.63) is 70.7 Å². The molecule has 1 saturated carbocycles. The lowest BCUT2D eigenvalue weighted by Gasteiger charge is -2.35. The SMILES string of the molecule is O=C(CC1CCN(CC2CN(C(C(=O)O)C3CCCCC3)CC2c2ccccc2)CC1)NCc1ccc(Cl)cc1. The van der Waals surface area contributed by atoms with Crippen LogP contribution < -0.4 is 5.32 Å². The largest absolute Gasteiger partial charge is 0.480 e. The van der Waals surface area contributed by atoms with Gasteiger partial charge in [0.1, 0.15) is 6.04 Å². The van der Waals surface area contributed by atoms with Gasteiger partial charge in [-0.1, -0.05) is 73.3 Å². The summed E-state index contributed by atoms with van der Waals surface area (Å²) >= 11 is 5.96. The van der Waals surface area contributed by atoms with Crippen LogP contribution in [0.2, 0.25) is 5.02 Å². The van der Waals surface area contributed by atoms with Crippen LogP contribution in [0.3, 0.4) is 0 Å². The van der Waals surface area contributed by atoms with Crippen LogP contribution in [-0.2, 0) is 16.1 Å². The molecular weight excluding hydrogens is 522 g/mol. The maximum atomic E-state index is 12.6. The number of hydrogen-bond donors (Lipinski definition) is 2. The number of piperidine rings is 1. The zero-order valence-electron chi connectivity index (χ0n) is 23.5. The zero-order chi connectivity index (χ0) is 27.9. The molecule has 216 valence electrons. The average Bonchev–Trinajstić information content (AvgIpc) is 3.37. The molecule has 2 heterocycles. The Hall–Kier alpha value is -2.41. The van der Waals surface area contributed by atoms with Crippen LogP contribution in [0.25, 0.3) is 0 Å². The summed E-state index contributed by atoms with van der Waals surface area (Å²) in [5.41, 5.74) is 2.38. The molecule has 0 bridgehead atoms. The van der Waals surface area contributed by atoms with Crippen LogP contribution in [0.4, 0.5) is 0 Å². The summed E-state index contributed by atoms with van der Waals surface area (Å²) < 4.78 is 0. The Kier molecular flexibility index (Phi) is 10.2. The van der Waals surface area contributed by atoms with Gasteiger partial charge in [0.2, 0.25) is 5.91 Å². The predicted octanol–water partition coefficient (Wildman–Crippen LogP) is 5.81. The number of benzene rings is 2. The minimum atomic E-state index is -0.644. The lowest BCUT2D eigenvalue weighted by Crippen LogP contribution is -2.46. The molecule has 3 unspecified atom stereocenters. The number of carbonyl (C=O) groups excluding carboxylic acids is 1. The maximum Gasteiger partial charge on any atom is 0.321 e. The first kappa shape index (κ1) is 29.1. The number of amides is 1. The highest BCUT2D eigenvalue weighted by Crippen LogP contribution is 2.38. The number of nitrogens with one attached hydrogen (secondary N) is 1. The van der Waals surface area contributed by atoms with E-state index in [1.54, 1.807) is 0 Å². The molecule has 3 atom stereocenters. The highest BCUT2D eigenvalue weighted by Gasteiger charge is 2.43. The van der Waals surface area contributed by atoms with Crippen molar-refractivity contribution in [3.8, 4) is 0 Å². The maximum absolute atomic E-state index is 12.6. The number of aliphatic carboxylic acids is 1. The van der Waals surface area contributed by atoms with E-state index in [9.17, 15) is 14.7 Å². The van der Waals surface area contributed by atoms with Gasteiger partial charge in [0.25, 0.3) is 0 Å². The van der Waals surface area contributed by atoms with Crippen LogP contribution >= 0.6 is 11.6 Å². The number of carboxylic acids is 1. The quantitative estimate of drug-likeness (QED) is 0.380. The Bertz CT molecular complexity index is 1100. The minimum Gasteiger partial charge on any atom is -0.480 e. The molecule has 0 spiro atoms. The Morgan fingerprint density at radius 2 is 1.62 bits per heavy atom. The van der Waals surface area contributed by atoms with E-state index in [0.29, 0.717) is 35.7 Å². The molecule has 0 radical (unpaired) electrons. The summed E-state index contributed by atoms with van der Waals surface area (Å²) in [6, 6.07) is 17.9. The van der Waals surface area contributed by atoms with E-state index in [1.807, 2.05) is 24.3 Å². The number of carboxylic acid groups (broad SMARTS) is 1. The van der Waals surface area contributed by atoms with Crippen LogP contribution in [0.1, 0.15) is 68.4 Å². The molecular formula is C33H44ClN3O3. The normalized spacial score (nSPS) is 24.1. The third kappa shape index (κ3) is 7.65. The van der Waals surface area contributed by atoms with Gasteiger partial charge in [-0.3, -0.25) is 14.5 Å². The van der Waals surface area contributed by atoms with Crippen LogP contribution in [0.15, 0.2) is 54.6 Å². The van der Waals surface area contributed by atoms with Crippen molar-refractivity contribution >= 4 is 23.5 Å². The third-order valence-corrected chi connectivity index (χ3v) is 9.77. The van der Waals surface area contributed by atoms with E-state index in [4.69, 9.17) is 11.6 Å². The summed E-state index contributed by atoms with van der Waals surface area (Å²) in [6.45, 7) is 5.19. The number of likely N-dealkylation sites (tertiary alicyclic amines) is 2. The van der Waals surface area contributed by atoms with Gasteiger partial charge in [-0.2, -0.15) is 0 Å². The Morgan fingerprint density at radius 3 is 2.30 bits per heavy atom. The smallest absolute Gasteiger partial charge is 0.321 e. The highest BCUT2D eigenvalue weighted by molar-refractivity contribution is 6.30. The molecule has 1 amide bonds. The van der Waals surface area contributed by atoms with E-state index in [1.165, 1.54) is 12.0 Å². The van der Waals surface area contributed by atoms with Gasteiger partial charge >= 0.3 is 5.97 Å². The van der Waals surface area contributed by atoms with Gasteiger partial charge in [-0.15, -0.1) is 0 Å². The summed E-state index contributed by atoms with van der Waals surface area (Å²) in [6.07, 6.45) is 8.25. The monoisotopic (exact) mass is 565 g/mol. The van der Waals surface area contributed by atoms with E-state index in [0.717, 1.165) is 76.8 Å². The first-order valence-corrected chi connectivity index (χ1v) is 15.6. The molecule has 2 saturated heterocycles. The summed E-state index contributed by atoms with van der Waals surface area (Å²) in [5.74, 6) is 0.910.